The van der Waals surface area contributed by atoms with Crippen molar-refractivity contribution in [1.29, 1.82) is 0 Å². The Morgan fingerprint density at radius 2 is 2.10 bits per heavy atom. The van der Waals surface area contributed by atoms with Crippen LogP contribution >= 0.6 is 0 Å². The molecule has 0 amide bonds. The van der Waals surface area contributed by atoms with Gasteiger partial charge in [-0.1, -0.05) is 0 Å². The van der Waals surface area contributed by atoms with Crippen LogP contribution in [0.5, 0.6) is 5.75 Å². The number of imidazole rings is 1. The lowest BCUT2D eigenvalue weighted by molar-refractivity contribution is -0.0170. The monoisotopic (exact) mass is 275 g/mol. The van der Waals surface area contributed by atoms with E-state index in [9.17, 15) is 4.79 Å². The van der Waals surface area contributed by atoms with E-state index in [1.165, 1.54) is 0 Å². The van der Waals surface area contributed by atoms with Crippen LogP contribution in [0, 0.1) is 0 Å². The van der Waals surface area contributed by atoms with Crippen molar-refractivity contribution in [2.24, 2.45) is 0 Å². The number of ether oxygens (including phenoxy) is 2. The van der Waals surface area contributed by atoms with Crippen LogP contribution in [0.1, 0.15) is 18.1 Å². The van der Waals surface area contributed by atoms with Crippen LogP contribution in [0.15, 0.2) is 29.3 Å². The fraction of sp³-hybridized carbons (Fsp3) is 0.357. The molecule has 0 aliphatic carbocycles. The van der Waals surface area contributed by atoms with Crippen LogP contribution in [-0.2, 0) is 24.4 Å². The first-order chi connectivity index (χ1) is 9.69. The molecular weight excluding hydrogens is 258 g/mol. The second-order valence-corrected chi connectivity index (χ2v) is 4.77. The van der Waals surface area contributed by atoms with Crippen LogP contribution in [0.2, 0.25) is 0 Å². The summed E-state index contributed by atoms with van der Waals surface area (Å²) >= 11 is 0. The predicted molar refractivity (Wildman–Crippen MR) is 74.6 cm³/mol. The zero-order valence-electron chi connectivity index (χ0n) is 11.3. The highest BCUT2D eigenvalue weighted by Gasteiger charge is 2.17. The van der Waals surface area contributed by atoms with Gasteiger partial charge in [-0.15, -0.1) is 0 Å². The Balaban J connectivity index is 2.00. The molecule has 3 rings (SSSR count). The lowest BCUT2D eigenvalue weighted by Crippen LogP contribution is -2.24. The minimum Gasteiger partial charge on any atom is -0.467 e. The maximum Gasteiger partial charge on any atom is 0.328 e. The van der Waals surface area contributed by atoms with E-state index < -0.39 is 0 Å². The Morgan fingerprint density at radius 3 is 2.85 bits per heavy atom. The summed E-state index contributed by atoms with van der Waals surface area (Å²) in [5.74, 6) is 0.779. The van der Waals surface area contributed by atoms with Crippen LogP contribution in [0.25, 0.3) is 0 Å². The predicted octanol–water partition coefficient (Wildman–Crippen LogP) is 1.17. The molecule has 0 bridgehead atoms. The topological polar surface area (TPSA) is 71.4 Å². The van der Waals surface area contributed by atoms with Crippen molar-refractivity contribution in [3.63, 3.8) is 0 Å². The van der Waals surface area contributed by atoms with Gasteiger partial charge in [-0.2, -0.15) is 0 Å². The van der Waals surface area contributed by atoms with E-state index in [2.05, 4.69) is 0 Å². The molecule has 6 nitrogen and oxygen atoms in total. The summed E-state index contributed by atoms with van der Waals surface area (Å²) in [7, 11) is 0. The van der Waals surface area contributed by atoms with Crippen LogP contribution in [0.4, 0.5) is 5.69 Å². The molecule has 6 heteroatoms. The average molecular weight is 275 g/mol. The smallest absolute Gasteiger partial charge is 0.328 e. The minimum atomic E-state index is -0.0317. The number of aromatic nitrogens is 2. The van der Waals surface area contributed by atoms with Gasteiger partial charge < -0.3 is 15.2 Å². The van der Waals surface area contributed by atoms with Crippen molar-refractivity contribution in [2.75, 3.05) is 12.5 Å². The molecule has 1 aliphatic rings. The highest BCUT2D eigenvalue weighted by molar-refractivity contribution is 5.53. The van der Waals surface area contributed by atoms with Gasteiger partial charge in [-0.3, -0.25) is 9.13 Å². The molecule has 0 spiro atoms. The third kappa shape index (κ3) is 2.18. The van der Waals surface area contributed by atoms with Crippen molar-refractivity contribution in [3.05, 3.63) is 46.1 Å². The Morgan fingerprint density at radius 1 is 1.30 bits per heavy atom. The maximum atomic E-state index is 12.1. The fourth-order valence-electron chi connectivity index (χ4n) is 2.44. The number of fused-ring (bicyclic) bond motifs is 1. The van der Waals surface area contributed by atoms with E-state index in [-0.39, 0.29) is 12.5 Å². The van der Waals surface area contributed by atoms with Crippen molar-refractivity contribution in [1.82, 2.24) is 9.13 Å². The second kappa shape index (κ2) is 5.05. The van der Waals surface area contributed by atoms with E-state index in [0.29, 0.717) is 25.4 Å². The molecule has 0 atom stereocenters. The van der Waals surface area contributed by atoms with Gasteiger partial charge in [0, 0.05) is 35.8 Å². The van der Waals surface area contributed by atoms with E-state index >= 15 is 0 Å². The molecule has 2 heterocycles. The van der Waals surface area contributed by atoms with Crippen LogP contribution in [-0.4, -0.2) is 15.9 Å². The Hall–Kier alpha value is -2.21. The van der Waals surface area contributed by atoms with Crippen molar-refractivity contribution >= 4 is 5.69 Å². The first-order valence-corrected chi connectivity index (χ1v) is 6.56. The lowest BCUT2D eigenvalue weighted by Gasteiger charge is -2.21. The summed E-state index contributed by atoms with van der Waals surface area (Å²) < 4.78 is 14.1. The van der Waals surface area contributed by atoms with Gasteiger partial charge >= 0.3 is 5.69 Å². The molecule has 20 heavy (non-hydrogen) atoms. The molecule has 1 aliphatic heterocycles. The van der Waals surface area contributed by atoms with E-state index in [1.54, 1.807) is 21.5 Å². The standard InChI is InChI=1S/C14H17N3O3/c1-2-16-3-4-17(14(16)18)7-10-5-12(15)6-11-8-19-9-20-13(10)11/h3-6H,2,7-9,15H2,1H3. The molecule has 0 saturated carbocycles. The summed E-state index contributed by atoms with van der Waals surface area (Å²) in [6, 6.07) is 3.69. The van der Waals surface area contributed by atoms with Gasteiger partial charge in [-0.05, 0) is 19.1 Å². The number of nitrogen functional groups attached to an aromatic ring is 1. The minimum absolute atomic E-state index is 0.0317. The number of hydrogen-bond donors (Lipinski definition) is 1. The molecule has 2 N–H and O–H groups in total. The number of nitrogens with zero attached hydrogens (tertiary/aromatic N) is 2. The van der Waals surface area contributed by atoms with E-state index in [1.807, 2.05) is 19.1 Å². The zero-order valence-corrected chi connectivity index (χ0v) is 11.3. The Kier molecular flexibility index (Phi) is 3.23. The van der Waals surface area contributed by atoms with E-state index in [0.717, 1.165) is 16.9 Å². The molecule has 1 aromatic heterocycles. The van der Waals surface area contributed by atoms with Crippen molar-refractivity contribution in [3.8, 4) is 5.75 Å². The molecule has 0 fully saturated rings. The molecule has 1 aromatic carbocycles. The molecule has 0 radical (unpaired) electrons. The molecule has 0 saturated heterocycles. The summed E-state index contributed by atoms with van der Waals surface area (Å²) in [5.41, 5.74) is 8.35. The summed E-state index contributed by atoms with van der Waals surface area (Å²) in [6.45, 7) is 3.76. The number of aryl methyl sites for hydroxylation is 1. The lowest BCUT2D eigenvalue weighted by atomic mass is 10.1. The second-order valence-electron chi connectivity index (χ2n) is 4.77. The number of anilines is 1. The first kappa shape index (κ1) is 12.8. The van der Waals surface area contributed by atoms with Crippen molar-refractivity contribution in [2.45, 2.75) is 26.6 Å². The number of benzene rings is 1. The van der Waals surface area contributed by atoms with Gasteiger partial charge in [0.15, 0.2) is 6.79 Å². The third-order valence-electron chi connectivity index (χ3n) is 3.41. The molecule has 106 valence electrons. The van der Waals surface area contributed by atoms with Gasteiger partial charge in [0.05, 0.1) is 13.2 Å². The first-order valence-electron chi connectivity index (χ1n) is 6.56. The molecular formula is C14H17N3O3. The highest BCUT2D eigenvalue weighted by atomic mass is 16.7. The third-order valence-corrected chi connectivity index (χ3v) is 3.41. The van der Waals surface area contributed by atoms with Gasteiger partial charge in [-0.25, -0.2) is 4.79 Å². The number of nitrogens with two attached hydrogens (primary N) is 1. The quantitative estimate of drug-likeness (QED) is 0.853. The van der Waals surface area contributed by atoms with Crippen LogP contribution < -0.4 is 16.2 Å². The largest absolute Gasteiger partial charge is 0.467 e. The maximum absolute atomic E-state index is 12.1. The summed E-state index contributed by atoms with van der Waals surface area (Å²) in [5, 5.41) is 0. The molecule has 0 unspecified atom stereocenters. The Bertz CT molecular complexity index is 687. The van der Waals surface area contributed by atoms with Gasteiger partial charge in [0.25, 0.3) is 0 Å². The number of hydrogen-bond acceptors (Lipinski definition) is 4. The van der Waals surface area contributed by atoms with E-state index in [4.69, 9.17) is 15.2 Å². The summed E-state index contributed by atoms with van der Waals surface area (Å²) in [6.07, 6.45) is 3.56. The normalized spacial score (nSPS) is 13.8. The summed E-state index contributed by atoms with van der Waals surface area (Å²) in [4.78, 5) is 12.1. The average Bonchev–Trinajstić information content (AvgIpc) is 2.79. The van der Waals surface area contributed by atoms with Crippen LogP contribution in [0.3, 0.4) is 0 Å². The highest BCUT2D eigenvalue weighted by Crippen LogP contribution is 2.31. The van der Waals surface area contributed by atoms with Gasteiger partial charge in [0.1, 0.15) is 5.75 Å². The molecule has 2 aromatic rings. The fourth-order valence-corrected chi connectivity index (χ4v) is 2.44. The van der Waals surface area contributed by atoms with Gasteiger partial charge in [0.2, 0.25) is 0 Å². The SMILES string of the molecule is CCn1ccn(Cc2cc(N)cc3c2OCOC3)c1=O. The Labute approximate surface area is 116 Å². The number of rotatable bonds is 3. The van der Waals surface area contributed by atoms with Crippen molar-refractivity contribution < 1.29 is 9.47 Å². The zero-order chi connectivity index (χ0) is 14.1.